The van der Waals surface area contributed by atoms with Crippen LogP contribution in [0.15, 0.2) is 36.4 Å². The van der Waals surface area contributed by atoms with E-state index in [9.17, 15) is 4.79 Å². The Morgan fingerprint density at radius 3 is 2.65 bits per heavy atom. The number of H-pyrrole nitrogens is 1. The number of aromatic nitrogens is 2. The molecule has 1 saturated carbocycles. The average molecular weight is 351 g/mol. The highest BCUT2D eigenvalue weighted by atomic mass is 16.2. The van der Waals surface area contributed by atoms with E-state index in [0.29, 0.717) is 29.5 Å². The van der Waals surface area contributed by atoms with E-state index in [1.807, 2.05) is 6.07 Å². The fourth-order valence-corrected chi connectivity index (χ4v) is 4.92. The largest absolute Gasteiger partial charge is 0.334 e. The summed E-state index contributed by atoms with van der Waals surface area (Å²) in [6.45, 7) is 5.05. The second-order valence-corrected chi connectivity index (χ2v) is 8.18. The number of likely N-dealkylation sites (tertiary alicyclic amines) is 1. The van der Waals surface area contributed by atoms with Crippen LogP contribution in [-0.4, -0.2) is 33.6 Å². The monoisotopic (exact) mass is 351 g/mol. The predicted molar refractivity (Wildman–Crippen MR) is 103 cm³/mol. The van der Waals surface area contributed by atoms with Crippen LogP contribution < -0.4 is 0 Å². The molecule has 0 bridgehead atoms. The number of piperidine rings is 1. The number of benzene rings is 1. The van der Waals surface area contributed by atoms with Crippen molar-refractivity contribution < 1.29 is 4.79 Å². The summed E-state index contributed by atoms with van der Waals surface area (Å²) in [7, 11) is 0. The van der Waals surface area contributed by atoms with Crippen LogP contribution in [0.5, 0.6) is 0 Å². The third kappa shape index (κ3) is 3.17. The summed E-state index contributed by atoms with van der Waals surface area (Å²) in [4.78, 5) is 15.3. The van der Waals surface area contributed by atoms with Gasteiger partial charge in [0.15, 0.2) is 0 Å². The summed E-state index contributed by atoms with van der Waals surface area (Å²) in [5.74, 6) is 1.63. The molecule has 1 aromatic carbocycles. The van der Waals surface area contributed by atoms with Crippen LogP contribution in [0.2, 0.25) is 0 Å². The Labute approximate surface area is 156 Å². The molecule has 0 spiro atoms. The second-order valence-electron chi connectivity index (χ2n) is 8.18. The standard InChI is InChI=1S/C22H29N3O/c1-15(2)19-14-20(24-23-19)22(26)25-13-12-17(16-8-4-3-5-9-16)18-10-6-7-11-21(18)25/h3-5,8-9,14-15,17-18,21H,6-7,10-13H2,1-2H3,(H,23,24)/t17-,18-,21-/m1/s1. The first kappa shape index (κ1) is 17.3. The zero-order valence-electron chi connectivity index (χ0n) is 15.8. The first-order valence-corrected chi connectivity index (χ1v) is 10.1. The van der Waals surface area contributed by atoms with Crippen LogP contribution in [-0.2, 0) is 0 Å². The molecule has 1 saturated heterocycles. The number of carbonyl (C=O) groups excluding carboxylic acids is 1. The van der Waals surface area contributed by atoms with Crippen molar-refractivity contribution in [3.8, 4) is 0 Å². The zero-order valence-corrected chi connectivity index (χ0v) is 15.8. The molecule has 4 heteroatoms. The number of hydrogen-bond acceptors (Lipinski definition) is 2. The molecule has 138 valence electrons. The van der Waals surface area contributed by atoms with Gasteiger partial charge < -0.3 is 4.90 Å². The summed E-state index contributed by atoms with van der Waals surface area (Å²) in [6.07, 6.45) is 5.93. The van der Waals surface area contributed by atoms with E-state index in [1.54, 1.807) is 0 Å². The highest BCUT2D eigenvalue weighted by Crippen LogP contribution is 2.44. The van der Waals surface area contributed by atoms with E-state index in [1.165, 1.54) is 24.8 Å². The van der Waals surface area contributed by atoms with Crippen molar-refractivity contribution in [2.75, 3.05) is 6.54 Å². The Kier molecular flexibility index (Phi) is 4.84. The maximum atomic E-state index is 13.2. The highest BCUT2D eigenvalue weighted by Gasteiger charge is 2.42. The van der Waals surface area contributed by atoms with Gasteiger partial charge in [-0.1, -0.05) is 57.0 Å². The minimum absolute atomic E-state index is 0.132. The molecule has 0 unspecified atom stereocenters. The van der Waals surface area contributed by atoms with Gasteiger partial charge in [0.1, 0.15) is 5.69 Å². The summed E-state index contributed by atoms with van der Waals surface area (Å²) in [5, 5.41) is 7.31. The quantitative estimate of drug-likeness (QED) is 0.870. The minimum atomic E-state index is 0.132. The SMILES string of the molecule is CC(C)c1cc(C(=O)N2CC[C@H](c3ccccc3)[C@H]3CCCC[C@H]32)[nH]n1. The lowest BCUT2D eigenvalue weighted by molar-refractivity contribution is 0.0314. The van der Waals surface area contributed by atoms with Crippen molar-refractivity contribution >= 4 is 5.91 Å². The van der Waals surface area contributed by atoms with Gasteiger partial charge in [0, 0.05) is 12.6 Å². The predicted octanol–water partition coefficient (Wildman–Crippen LogP) is 4.72. The number of nitrogens with one attached hydrogen (secondary N) is 1. The van der Waals surface area contributed by atoms with Gasteiger partial charge in [-0.2, -0.15) is 5.10 Å². The fourth-order valence-electron chi connectivity index (χ4n) is 4.92. The lowest BCUT2D eigenvalue weighted by atomic mass is 9.69. The molecule has 0 radical (unpaired) electrons. The molecule has 1 aromatic heterocycles. The van der Waals surface area contributed by atoms with Gasteiger partial charge in [0.2, 0.25) is 0 Å². The van der Waals surface area contributed by atoms with Gasteiger partial charge in [-0.25, -0.2) is 0 Å². The Balaban J connectivity index is 1.57. The second kappa shape index (κ2) is 7.26. The molecule has 3 atom stereocenters. The Bertz CT molecular complexity index is 752. The molecule has 4 nitrogen and oxygen atoms in total. The lowest BCUT2D eigenvalue weighted by Crippen LogP contribution is -2.52. The maximum absolute atomic E-state index is 13.2. The Hall–Kier alpha value is -2.10. The molecule has 26 heavy (non-hydrogen) atoms. The summed E-state index contributed by atoms with van der Waals surface area (Å²) in [6, 6.07) is 13.2. The van der Waals surface area contributed by atoms with Crippen molar-refractivity contribution in [3.05, 3.63) is 53.3 Å². The third-order valence-corrected chi connectivity index (χ3v) is 6.29. The van der Waals surface area contributed by atoms with E-state index in [4.69, 9.17) is 0 Å². The van der Waals surface area contributed by atoms with Crippen molar-refractivity contribution in [2.24, 2.45) is 5.92 Å². The number of fused-ring (bicyclic) bond motifs is 1. The maximum Gasteiger partial charge on any atom is 0.272 e. The van der Waals surface area contributed by atoms with Crippen LogP contribution in [0, 0.1) is 5.92 Å². The third-order valence-electron chi connectivity index (χ3n) is 6.29. The molecular formula is C22H29N3O. The van der Waals surface area contributed by atoms with E-state index in [-0.39, 0.29) is 5.91 Å². The number of aromatic amines is 1. The number of amides is 1. The average Bonchev–Trinajstić information content (AvgIpc) is 3.18. The molecule has 1 aliphatic heterocycles. The smallest absolute Gasteiger partial charge is 0.272 e. The molecule has 2 fully saturated rings. The first-order chi connectivity index (χ1) is 12.6. The van der Waals surface area contributed by atoms with E-state index in [2.05, 4.69) is 59.3 Å². The number of hydrogen-bond donors (Lipinski definition) is 1. The van der Waals surface area contributed by atoms with Gasteiger partial charge in [-0.3, -0.25) is 9.89 Å². The van der Waals surface area contributed by atoms with Crippen LogP contribution in [0.4, 0.5) is 0 Å². The van der Waals surface area contributed by atoms with Crippen molar-refractivity contribution in [1.29, 1.82) is 0 Å². The molecule has 2 aliphatic rings. The van der Waals surface area contributed by atoms with E-state index < -0.39 is 0 Å². The molecule has 4 rings (SSSR count). The molecular weight excluding hydrogens is 322 g/mol. The van der Waals surface area contributed by atoms with Crippen molar-refractivity contribution in [1.82, 2.24) is 15.1 Å². The summed E-state index contributed by atoms with van der Waals surface area (Å²) < 4.78 is 0. The fraction of sp³-hybridized carbons (Fsp3) is 0.545. The first-order valence-electron chi connectivity index (χ1n) is 10.1. The van der Waals surface area contributed by atoms with Gasteiger partial charge in [-0.05, 0) is 48.6 Å². The topological polar surface area (TPSA) is 49.0 Å². The van der Waals surface area contributed by atoms with Crippen molar-refractivity contribution in [2.45, 2.75) is 63.8 Å². The number of rotatable bonds is 3. The van der Waals surface area contributed by atoms with Crippen molar-refractivity contribution in [3.63, 3.8) is 0 Å². The van der Waals surface area contributed by atoms with E-state index in [0.717, 1.165) is 25.1 Å². The van der Waals surface area contributed by atoms with Gasteiger partial charge in [-0.15, -0.1) is 0 Å². The van der Waals surface area contributed by atoms with Crippen LogP contribution in [0.3, 0.4) is 0 Å². The minimum Gasteiger partial charge on any atom is -0.334 e. The lowest BCUT2D eigenvalue weighted by Gasteiger charge is -2.48. The van der Waals surface area contributed by atoms with Crippen LogP contribution >= 0.6 is 0 Å². The van der Waals surface area contributed by atoms with Gasteiger partial charge in [0.05, 0.1) is 5.69 Å². The highest BCUT2D eigenvalue weighted by molar-refractivity contribution is 5.92. The number of nitrogens with zero attached hydrogens (tertiary/aromatic N) is 2. The Morgan fingerprint density at radius 2 is 1.92 bits per heavy atom. The summed E-state index contributed by atoms with van der Waals surface area (Å²) >= 11 is 0. The van der Waals surface area contributed by atoms with Crippen LogP contribution in [0.1, 0.15) is 79.5 Å². The summed E-state index contributed by atoms with van der Waals surface area (Å²) in [5.41, 5.74) is 3.06. The Morgan fingerprint density at radius 1 is 1.15 bits per heavy atom. The number of carbonyl (C=O) groups is 1. The normalized spacial score (nSPS) is 26.0. The van der Waals surface area contributed by atoms with Crippen LogP contribution in [0.25, 0.3) is 0 Å². The molecule has 1 aliphatic carbocycles. The van der Waals surface area contributed by atoms with Gasteiger partial charge >= 0.3 is 0 Å². The molecule has 2 heterocycles. The molecule has 1 N–H and O–H groups in total. The molecule has 1 amide bonds. The zero-order chi connectivity index (χ0) is 18.1. The van der Waals surface area contributed by atoms with E-state index >= 15 is 0 Å². The molecule has 2 aromatic rings. The van der Waals surface area contributed by atoms with Gasteiger partial charge in [0.25, 0.3) is 5.91 Å².